The highest BCUT2D eigenvalue weighted by Gasteiger charge is 2.28. The van der Waals surface area contributed by atoms with E-state index in [-0.39, 0.29) is 5.92 Å². The van der Waals surface area contributed by atoms with E-state index in [0.717, 1.165) is 5.82 Å². The van der Waals surface area contributed by atoms with Gasteiger partial charge >= 0.3 is 5.97 Å². The molecule has 1 aromatic carbocycles. The maximum atomic E-state index is 11.6. The molecule has 0 aliphatic rings. The third kappa shape index (κ3) is 2.50. The molecule has 1 unspecified atom stereocenters. The molecular weight excluding hydrogens is 299 g/mol. The van der Waals surface area contributed by atoms with E-state index in [4.69, 9.17) is 23.2 Å². The SMILES string of the molecule is CCc1nc2cc(Cl)c(Cl)cc2n1C(C(=O)O)C(C)C. The molecule has 1 N–H and O–H groups in total. The summed E-state index contributed by atoms with van der Waals surface area (Å²) < 4.78 is 1.75. The number of aliphatic carboxylic acids is 1. The number of aryl methyl sites for hydroxylation is 1. The van der Waals surface area contributed by atoms with Crippen LogP contribution in [-0.4, -0.2) is 20.6 Å². The van der Waals surface area contributed by atoms with Crippen molar-refractivity contribution in [2.24, 2.45) is 5.92 Å². The second-order valence-corrected chi connectivity index (χ2v) is 5.85. The smallest absolute Gasteiger partial charge is 0.327 e. The Morgan fingerprint density at radius 1 is 1.35 bits per heavy atom. The molecule has 0 radical (unpaired) electrons. The number of hydrogen-bond donors (Lipinski definition) is 1. The predicted octanol–water partition coefficient (Wildman–Crippen LogP) is 4.19. The molecule has 108 valence electrons. The van der Waals surface area contributed by atoms with Gasteiger partial charge in [0, 0.05) is 6.42 Å². The molecule has 0 aliphatic carbocycles. The van der Waals surface area contributed by atoms with Gasteiger partial charge in [-0.3, -0.25) is 0 Å². The number of halogens is 2. The van der Waals surface area contributed by atoms with E-state index in [1.165, 1.54) is 0 Å². The summed E-state index contributed by atoms with van der Waals surface area (Å²) in [6.45, 7) is 5.70. The van der Waals surface area contributed by atoms with E-state index < -0.39 is 12.0 Å². The summed E-state index contributed by atoms with van der Waals surface area (Å²) in [4.78, 5) is 16.1. The minimum Gasteiger partial charge on any atom is -0.480 e. The molecule has 4 nitrogen and oxygen atoms in total. The topological polar surface area (TPSA) is 55.1 Å². The van der Waals surface area contributed by atoms with Gasteiger partial charge in [-0.15, -0.1) is 0 Å². The van der Waals surface area contributed by atoms with E-state index in [9.17, 15) is 9.90 Å². The van der Waals surface area contributed by atoms with Gasteiger partial charge in [0.1, 0.15) is 11.9 Å². The Labute approximate surface area is 127 Å². The zero-order valence-corrected chi connectivity index (χ0v) is 13.0. The molecule has 0 aliphatic heterocycles. The Morgan fingerprint density at radius 2 is 1.95 bits per heavy atom. The molecule has 20 heavy (non-hydrogen) atoms. The molecule has 0 fully saturated rings. The molecule has 1 heterocycles. The van der Waals surface area contributed by atoms with Crippen molar-refractivity contribution in [3.8, 4) is 0 Å². The first-order chi connectivity index (χ1) is 9.36. The number of imidazole rings is 1. The number of nitrogens with zero attached hydrogens (tertiary/aromatic N) is 2. The van der Waals surface area contributed by atoms with Crippen LogP contribution in [0.4, 0.5) is 0 Å². The Morgan fingerprint density at radius 3 is 2.45 bits per heavy atom. The standard InChI is InChI=1S/C14H16Cl2N2O2/c1-4-12-17-10-5-8(15)9(16)6-11(10)18(12)13(7(2)3)14(19)20/h5-7,13H,4H2,1-3H3,(H,19,20). The molecule has 1 atom stereocenters. The summed E-state index contributed by atoms with van der Waals surface area (Å²) in [5.41, 5.74) is 1.38. The quantitative estimate of drug-likeness (QED) is 0.920. The Hall–Kier alpha value is -1.26. The Bertz CT molecular complexity index is 665. The van der Waals surface area contributed by atoms with E-state index in [1.807, 2.05) is 20.8 Å². The van der Waals surface area contributed by atoms with Crippen LogP contribution in [0, 0.1) is 5.92 Å². The van der Waals surface area contributed by atoms with Gasteiger partial charge in [-0.2, -0.15) is 0 Å². The zero-order chi connectivity index (χ0) is 15.0. The average molecular weight is 315 g/mol. The maximum Gasteiger partial charge on any atom is 0.327 e. The number of fused-ring (bicyclic) bond motifs is 1. The van der Waals surface area contributed by atoms with E-state index in [2.05, 4.69) is 4.98 Å². The van der Waals surface area contributed by atoms with Gasteiger partial charge in [-0.25, -0.2) is 9.78 Å². The van der Waals surface area contributed by atoms with Crippen LogP contribution in [0.1, 0.15) is 32.6 Å². The summed E-state index contributed by atoms with van der Waals surface area (Å²) in [5, 5.41) is 10.3. The second-order valence-electron chi connectivity index (χ2n) is 5.03. The lowest BCUT2D eigenvalue weighted by Gasteiger charge is -2.21. The zero-order valence-electron chi connectivity index (χ0n) is 11.5. The van der Waals surface area contributed by atoms with E-state index in [0.29, 0.717) is 27.5 Å². The number of rotatable bonds is 4. The second kappa shape index (κ2) is 5.62. The molecule has 2 rings (SSSR count). The van der Waals surface area contributed by atoms with Gasteiger partial charge in [-0.1, -0.05) is 44.0 Å². The third-order valence-corrected chi connectivity index (χ3v) is 4.01. The Balaban J connectivity index is 2.78. The van der Waals surface area contributed by atoms with E-state index >= 15 is 0 Å². The fraction of sp³-hybridized carbons (Fsp3) is 0.429. The highest BCUT2D eigenvalue weighted by atomic mass is 35.5. The molecule has 0 bridgehead atoms. The Kier molecular flexibility index (Phi) is 4.25. The summed E-state index contributed by atoms with van der Waals surface area (Å²) >= 11 is 12.1. The van der Waals surface area contributed by atoms with Gasteiger partial charge < -0.3 is 9.67 Å². The lowest BCUT2D eigenvalue weighted by molar-refractivity contribution is -0.142. The number of hydrogen-bond acceptors (Lipinski definition) is 2. The van der Waals surface area contributed by atoms with Crippen LogP contribution < -0.4 is 0 Å². The van der Waals surface area contributed by atoms with Crippen molar-refractivity contribution in [1.29, 1.82) is 0 Å². The first kappa shape index (κ1) is 15.1. The molecule has 0 saturated heterocycles. The molecule has 6 heteroatoms. The first-order valence-electron chi connectivity index (χ1n) is 6.45. The van der Waals surface area contributed by atoms with Crippen LogP contribution in [0.3, 0.4) is 0 Å². The lowest BCUT2D eigenvalue weighted by atomic mass is 10.0. The van der Waals surface area contributed by atoms with Crippen molar-refractivity contribution < 1.29 is 9.90 Å². The third-order valence-electron chi connectivity index (χ3n) is 3.28. The monoisotopic (exact) mass is 314 g/mol. The molecule has 1 aromatic heterocycles. The van der Waals surface area contributed by atoms with Crippen LogP contribution in [-0.2, 0) is 11.2 Å². The minimum atomic E-state index is -0.875. The normalized spacial score (nSPS) is 13.1. The number of aromatic nitrogens is 2. The molecule has 0 saturated carbocycles. The lowest BCUT2D eigenvalue weighted by Crippen LogP contribution is -2.25. The summed E-state index contributed by atoms with van der Waals surface area (Å²) in [6.07, 6.45) is 0.639. The predicted molar refractivity (Wildman–Crippen MR) is 80.6 cm³/mol. The first-order valence-corrected chi connectivity index (χ1v) is 7.21. The van der Waals surface area contributed by atoms with E-state index in [1.54, 1.807) is 16.7 Å². The van der Waals surface area contributed by atoms with Gasteiger partial charge in [0.2, 0.25) is 0 Å². The molecule has 2 aromatic rings. The fourth-order valence-electron chi connectivity index (χ4n) is 2.39. The average Bonchev–Trinajstić information content (AvgIpc) is 2.67. The molecule has 0 spiro atoms. The van der Waals surface area contributed by atoms with Gasteiger partial charge in [0.15, 0.2) is 0 Å². The molecular formula is C14H16Cl2N2O2. The summed E-state index contributed by atoms with van der Waals surface area (Å²) in [5.74, 6) is -0.218. The maximum absolute atomic E-state index is 11.6. The number of carbonyl (C=O) groups is 1. The highest BCUT2D eigenvalue weighted by Crippen LogP contribution is 2.32. The van der Waals surface area contributed by atoms with Crippen LogP contribution >= 0.6 is 23.2 Å². The van der Waals surface area contributed by atoms with Crippen molar-refractivity contribution in [3.05, 3.63) is 28.0 Å². The van der Waals surface area contributed by atoms with Crippen LogP contribution in [0.25, 0.3) is 11.0 Å². The molecule has 0 amide bonds. The summed E-state index contributed by atoms with van der Waals surface area (Å²) in [6, 6.07) is 2.69. The number of carboxylic acid groups (broad SMARTS) is 1. The number of carboxylic acids is 1. The number of benzene rings is 1. The van der Waals surface area contributed by atoms with Crippen molar-refractivity contribution in [3.63, 3.8) is 0 Å². The van der Waals surface area contributed by atoms with Gasteiger partial charge in [0.25, 0.3) is 0 Å². The minimum absolute atomic E-state index is 0.0651. The van der Waals surface area contributed by atoms with Crippen LogP contribution in [0.5, 0.6) is 0 Å². The van der Waals surface area contributed by atoms with Gasteiger partial charge in [0.05, 0.1) is 21.1 Å². The van der Waals surface area contributed by atoms with Crippen molar-refractivity contribution in [2.45, 2.75) is 33.2 Å². The van der Waals surface area contributed by atoms with Crippen molar-refractivity contribution in [1.82, 2.24) is 9.55 Å². The summed E-state index contributed by atoms with van der Waals surface area (Å²) in [7, 11) is 0. The van der Waals surface area contributed by atoms with Crippen LogP contribution in [0.2, 0.25) is 10.0 Å². The van der Waals surface area contributed by atoms with Gasteiger partial charge in [-0.05, 0) is 18.1 Å². The largest absolute Gasteiger partial charge is 0.480 e. The van der Waals surface area contributed by atoms with Crippen LogP contribution in [0.15, 0.2) is 12.1 Å². The highest BCUT2D eigenvalue weighted by molar-refractivity contribution is 6.42. The van der Waals surface area contributed by atoms with Crippen molar-refractivity contribution >= 4 is 40.2 Å². The fourth-order valence-corrected chi connectivity index (χ4v) is 2.71. The van der Waals surface area contributed by atoms with Crippen molar-refractivity contribution in [2.75, 3.05) is 0 Å².